The third-order valence-corrected chi connectivity index (χ3v) is 4.28. The Morgan fingerprint density at radius 2 is 1.64 bits per heavy atom. The van der Waals surface area contributed by atoms with Gasteiger partial charge < -0.3 is 10.6 Å². The quantitative estimate of drug-likeness (QED) is 0.656. The molecule has 5 nitrogen and oxygen atoms in total. The highest BCUT2D eigenvalue weighted by molar-refractivity contribution is 5.92. The Morgan fingerprint density at radius 3 is 2.36 bits per heavy atom. The number of benzene rings is 2. The average Bonchev–Trinajstić information content (AvgIpc) is 2.68. The van der Waals surface area contributed by atoms with Gasteiger partial charge in [-0.05, 0) is 43.5 Å². The fourth-order valence-corrected chi connectivity index (χ4v) is 2.74. The van der Waals surface area contributed by atoms with Crippen molar-refractivity contribution >= 4 is 11.7 Å². The Kier molecular flexibility index (Phi) is 6.32. The first-order valence-corrected chi connectivity index (χ1v) is 9.17. The topological polar surface area (TPSA) is 66.9 Å². The third kappa shape index (κ3) is 5.61. The van der Waals surface area contributed by atoms with Crippen LogP contribution in [-0.4, -0.2) is 22.4 Å². The second-order valence-corrected chi connectivity index (χ2v) is 6.66. The number of aromatic nitrogens is 2. The minimum absolute atomic E-state index is 0.258. The largest absolute Gasteiger partial charge is 0.366 e. The first-order valence-electron chi connectivity index (χ1n) is 9.17. The van der Waals surface area contributed by atoms with Crippen molar-refractivity contribution in [2.45, 2.75) is 26.8 Å². The summed E-state index contributed by atoms with van der Waals surface area (Å²) in [5, 5.41) is 6.08. The summed E-state index contributed by atoms with van der Waals surface area (Å²) in [6.07, 6.45) is 0.620. The van der Waals surface area contributed by atoms with Crippen molar-refractivity contribution in [3.63, 3.8) is 0 Å². The zero-order valence-electron chi connectivity index (χ0n) is 16.0. The van der Waals surface area contributed by atoms with Crippen molar-refractivity contribution in [1.29, 1.82) is 0 Å². The number of rotatable bonds is 7. The van der Waals surface area contributed by atoms with Gasteiger partial charge in [-0.2, -0.15) is 0 Å². The van der Waals surface area contributed by atoms with E-state index in [0.717, 1.165) is 11.1 Å². The maximum atomic E-state index is 12.9. The number of carbonyl (C=O) groups is 1. The summed E-state index contributed by atoms with van der Waals surface area (Å²) < 4.78 is 12.9. The van der Waals surface area contributed by atoms with Crippen molar-refractivity contribution < 1.29 is 9.18 Å². The van der Waals surface area contributed by atoms with Gasteiger partial charge in [0.2, 0.25) is 0 Å². The van der Waals surface area contributed by atoms with E-state index in [0.29, 0.717) is 36.8 Å². The van der Waals surface area contributed by atoms with Gasteiger partial charge in [0.25, 0.3) is 5.91 Å². The molecule has 0 saturated heterocycles. The monoisotopic (exact) mass is 378 g/mol. The summed E-state index contributed by atoms with van der Waals surface area (Å²) in [7, 11) is 0. The summed E-state index contributed by atoms with van der Waals surface area (Å²) in [6, 6.07) is 16.1. The zero-order valence-corrected chi connectivity index (χ0v) is 16.0. The fraction of sp³-hybridized carbons (Fsp3) is 0.227. The molecule has 0 unspecified atom stereocenters. The number of carbonyl (C=O) groups excluding carboxylic acids is 1. The first kappa shape index (κ1) is 19.5. The normalized spacial score (nSPS) is 10.5. The standard InChI is InChI=1S/C22H23FN4O/c1-15-3-5-18(6-4-15)14-25-21-13-20(26-16(2)27-21)22(28)24-12-11-17-7-9-19(23)10-8-17/h3-10,13H,11-12,14H2,1-2H3,(H,24,28)(H,25,26,27). The molecule has 3 aromatic rings. The summed E-state index contributed by atoms with van der Waals surface area (Å²) in [5.74, 6) is 0.607. The van der Waals surface area contributed by atoms with E-state index in [1.165, 1.54) is 17.7 Å². The Bertz CT molecular complexity index is 940. The number of anilines is 1. The lowest BCUT2D eigenvalue weighted by Gasteiger charge is -2.10. The minimum Gasteiger partial charge on any atom is -0.366 e. The van der Waals surface area contributed by atoms with Gasteiger partial charge in [0, 0.05) is 19.2 Å². The van der Waals surface area contributed by atoms with Gasteiger partial charge in [0.1, 0.15) is 23.2 Å². The molecule has 0 spiro atoms. The molecule has 6 heteroatoms. The highest BCUT2D eigenvalue weighted by Gasteiger charge is 2.10. The molecule has 0 atom stereocenters. The van der Waals surface area contributed by atoms with E-state index in [-0.39, 0.29) is 11.7 Å². The van der Waals surface area contributed by atoms with E-state index in [9.17, 15) is 9.18 Å². The molecule has 1 aromatic heterocycles. The van der Waals surface area contributed by atoms with Gasteiger partial charge in [-0.3, -0.25) is 4.79 Å². The Morgan fingerprint density at radius 1 is 0.964 bits per heavy atom. The predicted octanol–water partition coefficient (Wildman–Crippen LogP) is 3.82. The molecule has 0 aliphatic carbocycles. The van der Waals surface area contributed by atoms with E-state index in [2.05, 4.69) is 44.9 Å². The molecule has 2 N–H and O–H groups in total. The van der Waals surface area contributed by atoms with Gasteiger partial charge in [-0.15, -0.1) is 0 Å². The number of amides is 1. The van der Waals surface area contributed by atoms with Gasteiger partial charge in [0.15, 0.2) is 0 Å². The minimum atomic E-state index is -0.269. The van der Waals surface area contributed by atoms with Crippen LogP contribution in [0.25, 0.3) is 0 Å². The van der Waals surface area contributed by atoms with Crippen LogP contribution in [0.15, 0.2) is 54.6 Å². The molecule has 1 heterocycles. The van der Waals surface area contributed by atoms with E-state index in [4.69, 9.17) is 0 Å². The second kappa shape index (κ2) is 9.08. The summed E-state index contributed by atoms with van der Waals surface area (Å²) >= 11 is 0. The number of nitrogens with zero attached hydrogens (tertiary/aromatic N) is 2. The predicted molar refractivity (Wildman–Crippen MR) is 108 cm³/mol. The molecular formula is C22H23FN4O. The molecule has 1 amide bonds. The lowest BCUT2D eigenvalue weighted by molar-refractivity contribution is 0.0949. The van der Waals surface area contributed by atoms with E-state index < -0.39 is 0 Å². The maximum Gasteiger partial charge on any atom is 0.270 e. The number of hydrogen-bond acceptors (Lipinski definition) is 4. The van der Waals surface area contributed by atoms with Crippen LogP contribution in [0.3, 0.4) is 0 Å². The number of hydrogen-bond donors (Lipinski definition) is 2. The molecule has 28 heavy (non-hydrogen) atoms. The maximum absolute atomic E-state index is 12.9. The molecule has 0 bridgehead atoms. The van der Waals surface area contributed by atoms with Crippen LogP contribution < -0.4 is 10.6 Å². The van der Waals surface area contributed by atoms with Crippen LogP contribution in [0.1, 0.15) is 33.0 Å². The number of nitrogens with one attached hydrogen (secondary N) is 2. The molecule has 144 valence electrons. The number of halogens is 1. The Hall–Kier alpha value is -3.28. The first-order chi connectivity index (χ1) is 13.5. The molecule has 0 saturated carbocycles. The smallest absolute Gasteiger partial charge is 0.270 e. The summed E-state index contributed by atoms with van der Waals surface area (Å²) in [6.45, 7) is 4.86. The van der Waals surface area contributed by atoms with Crippen LogP contribution in [0.5, 0.6) is 0 Å². The van der Waals surface area contributed by atoms with Crippen molar-refractivity contribution in [2.24, 2.45) is 0 Å². The van der Waals surface area contributed by atoms with Gasteiger partial charge in [-0.1, -0.05) is 42.0 Å². The molecule has 3 rings (SSSR count). The Balaban J connectivity index is 1.57. The highest BCUT2D eigenvalue weighted by atomic mass is 19.1. The lowest BCUT2D eigenvalue weighted by Crippen LogP contribution is -2.27. The van der Waals surface area contributed by atoms with Crippen molar-refractivity contribution in [1.82, 2.24) is 15.3 Å². The van der Waals surface area contributed by atoms with E-state index >= 15 is 0 Å². The van der Waals surface area contributed by atoms with Crippen LogP contribution in [0, 0.1) is 19.7 Å². The van der Waals surface area contributed by atoms with Crippen molar-refractivity contribution in [2.75, 3.05) is 11.9 Å². The summed E-state index contributed by atoms with van der Waals surface area (Å²) in [4.78, 5) is 21.0. The van der Waals surface area contributed by atoms with E-state index in [1.807, 2.05) is 6.92 Å². The lowest BCUT2D eigenvalue weighted by atomic mass is 10.1. The van der Waals surface area contributed by atoms with Gasteiger partial charge >= 0.3 is 0 Å². The molecule has 0 aliphatic rings. The highest BCUT2D eigenvalue weighted by Crippen LogP contribution is 2.10. The number of aryl methyl sites for hydroxylation is 2. The Labute approximate surface area is 164 Å². The SMILES string of the molecule is Cc1ccc(CNc2cc(C(=O)NCCc3ccc(F)cc3)nc(C)n2)cc1. The van der Waals surface area contributed by atoms with Crippen LogP contribution in [-0.2, 0) is 13.0 Å². The molecule has 0 radical (unpaired) electrons. The van der Waals surface area contributed by atoms with Crippen molar-refractivity contribution in [3.05, 3.63) is 88.6 Å². The zero-order chi connectivity index (χ0) is 19.9. The average molecular weight is 378 g/mol. The fourth-order valence-electron chi connectivity index (χ4n) is 2.74. The van der Waals surface area contributed by atoms with Crippen molar-refractivity contribution in [3.8, 4) is 0 Å². The molecule has 2 aromatic carbocycles. The van der Waals surface area contributed by atoms with Crippen LogP contribution in [0.4, 0.5) is 10.2 Å². The molecular weight excluding hydrogens is 355 g/mol. The third-order valence-electron chi connectivity index (χ3n) is 4.28. The second-order valence-electron chi connectivity index (χ2n) is 6.66. The van der Waals surface area contributed by atoms with Crippen LogP contribution >= 0.6 is 0 Å². The van der Waals surface area contributed by atoms with Crippen LogP contribution in [0.2, 0.25) is 0 Å². The summed E-state index contributed by atoms with van der Waals surface area (Å²) in [5.41, 5.74) is 3.62. The van der Waals surface area contributed by atoms with Gasteiger partial charge in [-0.25, -0.2) is 14.4 Å². The molecule has 0 fully saturated rings. The van der Waals surface area contributed by atoms with Gasteiger partial charge in [0.05, 0.1) is 0 Å². The van der Waals surface area contributed by atoms with E-state index in [1.54, 1.807) is 25.1 Å². The molecule has 0 aliphatic heterocycles.